The van der Waals surface area contributed by atoms with E-state index in [0.717, 1.165) is 36.3 Å². The van der Waals surface area contributed by atoms with Crippen LogP contribution < -0.4 is 0 Å². The van der Waals surface area contributed by atoms with E-state index in [-0.39, 0.29) is 0 Å². The van der Waals surface area contributed by atoms with Crippen molar-refractivity contribution in [2.24, 2.45) is 7.05 Å². The molecule has 2 rings (SSSR count). The number of fused-ring (bicyclic) bond motifs is 1. The average molecular weight is 189 g/mol. The lowest BCUT2D eigenvalue weighted by Gasteiger charge is -1.98. The van der Waals surface area contributed by atoms with Crippen LogP contribution in [0.3, 0.4) is 0 Å². The number of hydrogen-bond donors (Lipinski definition) is 0. The minimum atomic E-state index is 0.743. The van der Waals surface area contributed by atoms with Gasteiger partial charge in [-0.1, -0.05) is 13.3 Å². The highest BCUT2D eigenvalue weighted by Gasteiger charge is 2.03. The number of rotatable bonds is 3. The van der Waals surface area contributed by atoms with Crippen LogP contribution in [0.5, 0.6) is 0 Å². The van der Waals surface area contributed by atoms with Crippen molar-refractivity contribution in [1.29, 1.82) is 0 Å². The summed E-state index contributed by atoms with van der Waals surface area (Å²) in [6, 6.07) is 0. The highest BCUT2D eigenvalue weighted by molar-refractivity contribution is 5.68. The second kappa shape index (κ2) is 3.74. The van der Waals surface area contributed by atoms with E-state index in [0.29, 0.717) is 0 Å². The zero-order chi connectivity index (χ0) is 9.97. The van der Waals surface area contributed by atoms with Crippen molar-refractivity contribution in [2.45, 2.75) is 26.2 Å². The summed E-state index contributed by atoms with van der Waals surface area (Å²) in [5.41, 5.74) is 1.61. The zero-order valence-corrected chi connectivity index (χ0v) is 8.49. The maximum atomic E-state index is 4.43. The van der Waals surface area contributed by atoms with Crippen molar-refractivity contribution in [3.05, 3.63) is 18.3 Å². The average Bonchev–Trinajstić information content (AvgIpc) is 2.57. The van der Waals surface area contributed by atoms with E-state index in [4.69, 9.17) is 0 Å². The quantitative estimate of drug-likeness (QED) is 0.735. The van der Waals surface area contributed by atoms with Crippen LogP contribution in [0, 0.1) is 6.20 Å². The molecular weight excluding hydrogens is 176 g/mol. The van der Waals surface area contributed by atoms with Crippen LogP contribution in [0.1, 0.15) is 25.6 Å². The van der Waals surface area contributed by atoms with Gasteiger partial charge in [0.2, 0.25) is 0 Å². The first kappa shape index (κ1) is 9.12. The van der Waals surface area contributed by atoms with Gasteiger partial charge in [0.15, 0.2) is 5.65 Å². The first-order valence-electron chi connectivity index (χ1n) is 4.87. The van der Waals surface area contributed by atoms with Gasteiger partial charge in [-0.25, -0.2) is 15.0 Å². The summed E-state index contributed by atoms with van der Waals surface area (Å²) in [5.74, 6) is 0.864. The molecule has 0 saturated heterocycles. The van der Waals surface area contributed by atoms with Crippen molar-refractivity contribution in [1.82, 2.24) is 19.5 Å². The standard InChI is InChI=1S/C10H13N4/c1-3-4-5-9-11-6-8-10(13-9)14(2)7-12-8/h7H,3-5H2,1-2H3. The van der Waals surface area contributed by atoms with E-state index < -0.39 is 0 Å². The predicted molar refractivity (Wildman–Crippen MR) is 53.8 cm³/mol. The van der Waals surface area contributed by atoms with E-state index in [9.17, 15) is 0 Å². The van der Waals surface area contributed by atoms with Crippen molar-refractivity contribution in [3.63, 3.8) is 0 Å². The Hall–Kier alpha value is -1.45. The van der Waals surface area contributed by atoms with Crippen molar-refractivity contribution < 1.29 is 0 Å². The molecule has 0 saturated carbocycles. The van der Waals surface area contributed by atoms with Gasteiger partial charge in [-0.3, -0.25) is 0 Å². The number of hydrogen-bond acceptors (Lipinski definition) is 3. The predicted octanol–water partition coefficient (Wildman–Crippen LogP) is 1.51. The van der Waals surface area contributed by atoms with Gasteiger partial charge in [-0.15, -0.1) is 0 Å². The van der Waals surface area contributed by atoms with Crippen LogP contribution in [0.25, 0.3) is 11.2 Å². The Morgan fingerprint density at radius 1 is 1.50 bits per heavy atom. The van der Waals surface area contributed by atoms with Crippen molar-refractivity contribution in [3.8, 4) is 0 Å². The highest BCUT2D eigenvalue weighted by Crippen LogP contribution is 2.07. The Morgan fingerprint density at radius 2 is 2.36 bits per heavy atom. The SMILES string of the molecule is CCCCc1n[c]c2ncn(C)c2n1. The van der Waals surface area contributed by atoms with Gasteiger partial charge in [0.1, 0.15) is 17.5 Å². The molecule has 4 nitrogen and oxygen atoms in total. The fraction of sp³-hybridized carbons (Fsp3) is 0.500. The number of unbranched alkanes of at least 4 members (excludes halogenated alkanes) is 1. The first-order valence-corrected chi connectivity index (χ1v) is 4.87. The number of aryl methyl sites for hydroxylation is 2. The number of nitrogens with zero attached hydrogens (tertiary/aromatic N) is 4. The van der Waals surface area contributed by atoms with Crippen LogP contribution in [0.2, 0.25) is 0 Å². The summed E-state index contributed by atoms with van der Waals surface area (Å²) in [5, 5.41) is 0. The lowest BCUT2D eigenvalue weighted by molar-refractivity contribution is 0.752. The maximum absolute atomic E-state index is 4.43. The molecule has 2 aromatic heterocycles. The third kappa shape index (κ3) is 1.60. The molecule has 0 bridgehead atoms. The van der Waals surface area contributed by atoms with E-state index >= 15 is 0 Å². The van der Waals surface area contributed by atoms with Gasteiger partial charge in [-0.2, -0.15) is 0 Å². The monoisotopic (exact) mass is 189 g/mol. The van der Waals surface area contributed by atoms with Crippen LogP contribution >= 0.6 is 0 Å². The van der Waals surface area contributed by atoms with Gasteiger partial charge in [0.25, 0.3) is 0 Å². The summed E-state index contributed by atoms with van der Waals surface area (Å²) in [6.07, 6.45) is 7.85. The van der Waals surface area contributed by atoms with Gasteiger partial charge >= 0.3 is 0 Å². The van der Waals surface area contributed by atoms with Crippen LogP contribution in [0.15, 0.2) is 6.33 Å². The summed E-state index contributed by atoms with van der Waals surface area (Å²) >= 11 is 0. The smallest absolute Gasteiger partial charge is 0.163 e. The molecule has 0 aliphatic heterocycles. The Morgan fingerprint density at radius 3 is 3.14 bits per heavy atom. The van der Waals surface area contributed by atoms with Crippen LogP contribution in [0.4, 0.5) is 0 Å². The highest BCUT2D eigenvalue weighted by atomic mass is 15.1. The van der Waals surface area contributed by atoms with E-state index in [1.165, 1.54) is 0 Å². The minimum absolute atomic E-state index is 0.743. The Labute approximate surface area is 83.0 Å². The number of imidazole rings is 1. The molecule has 1 radical (unpaired) electrons. The molecule has 2 aromatic rings. The molecule has 0 amide bonds. The molecule has 0 fully saturated rings. The van der Waals surface area contributed by atoms with E-state index in [1.807, 2.05) is 11.6 Å². The van der Waals surface area contributed by atoms with Crippen LogP contribution in [-0.4, -0.2) is 19.5 Å². The lowest BCUT2D eigenvalue weighted by Crippen LogP contribution is -1.97. The molecular formula is C10H13N4. The van der Waals surface area contributed by atoms with E-state index in [2.05, 4.69) is 28.1 Å². The molecule has 0 spiro atoms. The molecule has 73 valence electrons. The summed E-state index contributed by atoms with van der Waals surface area (Å²) in [4.78, 5) is 12.7. The van der Waals surface area contributed by atoms with Gasteiger partial charge in [0, 0.05) is 13.5 Å². The molecule has 14 heavy (non-hydrogen) atoms. The van der Waals surface area contributed by atoms with Crippen molar-refractivity contribution >= 4 is 11.2 Å². The lowest BCUT2D eigenvalue weighted by atomic mass is 10.2. The molecule has 0 aromatic carbocycles. The topological polar surface area (TPSA) is 43.6 Å². The molecule has 4 heteroatoms. The maximum Gasteiger partial charge on any atom is 0.163 e. The third-order valence-electron chi connectivity index (χ3n) is 2.19. The number of aromatic nitrogens is 4. The summed E-state index contributed by atoms with van der Waals surface area (Å²) in [6.45, 7) is 2.16. The molecule has 0 aliphatic carbocycles. The van der Waals surface area contributed by atoms with Gasteiger partial charge < -0.3 is 4.57 Å². The summed E-state index contributed by atoms with van der Waals surface area (Å²) < 4.78 is 1.89. The summed E-state index contributed by atoms with van der Waals surface area (Å²) in [7, 11) is 1.93. The largest absolute Gasteiger partial charge is 0.318 e. The second-order valence-electron chi connectivity index (χ2n) is 3.38. The molecule has 0 aliphatic rings. The Balaban J connectivity index is 2.34. The first-order chi connectivity index (χ1) is 6.81. The van der Waals surface area contributed by atoms with Gasteiger partial charge in [-0.05, 0) is 6.42 Å². The molecule has 0 unspecified atom stereocenters. The molecule has 2 heterocycles. The van der Waals surface area contributed by atoms with E-state index in [1.54, 1.807) is 6.33 Å². The van der Waals surface area contributed by atoms with Crippen LogP contribution in [-0.2, 0) is 13.5 Å². The Bertz CT molecular complexity index is 433. The van der Waals surface area contributed by atoms with Gasteiger partial charge in [0.05, 0.1) is 6.33 Å². The normalized spacial score (nSPS) is 11.0. The minimum Gasteiger partial charge on any atom is -0.318 e. The van der Waals surface area contributed by atoms with Crippen molar-refractivity contribution in [2.75, 3.05) is 0 Å². The zero-order valence-electron chi connectivity index (χ0n) is 8.49. The molecule has 0 N–H and O–H groups in total. The fourth-order valence-corrected chi connectivity index (χ4v) is 1.35. The third-order valence-corrected chi connectivity index (χ3v) is 2.19. The molecule has 0 atom stereocenters. The fourth-order valence-electron chi connectivity index (χ4n) is 1.35. The second-order valence-corrected chi connectivity index (χ2v) is 3.38. The Kier molecular flexibility index (Phi) is 2.43.